The average molecular weight is 439 g/mol. The van der Waals surface area contributed by atoms with E-state index in [1.807, 2.05) is 48.5 Å². The van der Waals surface area contributed by atoms with E-state index in [4.69, 9.17) is 13.7 Å². The zero-order valence-electron chi connectivity index (χ0n) is 17.2. The summed E-state index contributed by atoms with van der Waals surface area (Å²) < 4.78 is 38.9. The van der Waals surface area contributed by atoms with E-state index in [0.29, 0.717) is 30.4 Å². The molecule has 0 radical (unpaired) electrons. The van der Waals surface area contributed by atoms with Crippen LogP contribution in [-0.2, 0) is 28.1 Å². The molecule has 160 valence electrons. The van der Waals surface area contributed by atoms with E-state index in [0.717, 1.165) is 28.4 Å². The third kappa shape index (κ3) is 5.22. The van der Waals surface area contributed by atoms with Crippen molar-refractivity contribution in [3.05, 3.63) is 77.9 Å². The van der Waals surface area contributed by atoms with E-state index in [1.54, 1.807) is 12.1 Å². The van der Waals surface area contributed by atoms with E-state index in [9.17, 15) is 8.42 Å². The summed E-state index contributed by atoms with van der Waals surface area (Å²) in [5.41, 5.74) is 4.53. The van der Waals surface area contributed by atoms with Gasteiger partial charge in [-0.25, -0.2) is 4.98 Å². The van der Waals surface area contributed by atoms with Gasteiger partial charge >= 0.3 is 10.1 Å². The molecule has 0 bridgehead atoms. The van der Waals surface area contributed by atoms with Gasteiger partial charge in [0.05, 0.1) is 43.2 Å². The zero-order chi connectivity index (χ0) is 21.8. The number of H-pyrrole nitrogens is 1. The number of aromatic amines is 1. The molecule has 0 aliphatic carbocycles. The highest BCUT2D eigenvalue weighted by Gasteiger charge is 2.14. The first-order chi connectivity index (χ1) is 14.9. The molecule has 0 spiro atoms. The van der Waals surface area contributed by atoms with Gasteiger partial charge in [0.25, 0.3) is 0 Å². The van der Waals surface area contributed by atoms with Gasteiger partial charge in [0, 0.05) is 6.07 Å². The summed E-state index contributed by atoms with van der Waals surface area (Å²) in [5, 5.41) is 0. The van der Waals surface area contributed by atoms with Crippen LogP contribution in [0.2, 0.25) is 0 Å². The lowest BCUT2D eigenvalue weighted by Crippen LogP contribution is -2.05. The molecule has 7 nitrogen and oxygen atoms in total. The van der Waals surface area contributed by atoms with Crippen LogP contribution in [0.15, 0.2) is 66.7 Å². The van der Waals surface area contributed by atoms with E-state index in [2.05, 4.69) is 9.97 Å². The summed E-state index contributed by atoms with van der Waals surface area (Å²) >= 11 is 0. The molecule has 0 fully saturated rings. The van der Waals surface area contributed by atoms with Crippen molar-refractivity contribution in [2.45, 2.75) is 13.2 Å². The Balaban J connectivity index is 1.54. The van der Waals surface area contributed by atoms with Crippen molar-refractivity contribution in [2.24, 2.45) is 0 Å². The lowest BCUT2D eigenvalue weighted by atomic mass is 10.2. The normalized spacial score (nSPS) is 11.5. The Morgan fingerprint density at radius 2 is 1.71 bits per heavy atom. The topological polar surface area (TPSA) is 90.5 Å². The smallest absolute Gasteiger partial charge is 0.306 e. The number of imidazole rings is 1. The Bertz CT molecular complexity index is 1300. The largest absolute Gasteiger partial charge is 0.496 e. The summed E-state index contributed by atoms with van der Waals surface area (Å²) in [6.07, 6.45) is 0.994. The molecule has 31 heavy (non-hydrogen) atoms. The van der Waals surface area contributed by atoms with Gasteiger partial charge in [-0.3, -0.25) is 0 Å². The fraction of sp³-hybridized carbons (Fsp3) is 0.174. The number of hydrogen-bond donors (Lipinski definition) is 1. The van der Waals surface area contributed by atoms with Crippen LogP contribution in [0.5, 0.6) is 11.5 Å². The predicted octanol–water partition coefficient (Wildman–Crippen LogP) is 4.29. The molecule has 1 aromatic heterocycles. The van der Waals surface area contributed by atoms with Crippen LogP contribution in [0.25, 0.3) is 22.4 Å². The number of fused-ring (bicyclic) bond motifs is 1. The van der Waals surface area contributed by atoms with Crippen molar-refractivity contribution in [3.63, 3.8) is 0 Å². The maximum atomic E-state index is 11.4. The van der Waals surface area contributed by atoms with Crippen LogP contribution in [0, 0.1) is 0 Å². The van der Waals surface area contributed by atoms with E-state index >= 15 is 0 Å². The summed E-state index contributed by atoms with van der Waals surface area (Å²) in [6.45, 7) is 1.03. The van der Waals surface area contributed by atoms with E-state index in [-0.39, 0.29) is 5.75 Å². The first-order valence-electron chi connectivity index (χ1n) is 9.59. The molecule has 0 saturated carbocycles. The van der Waals surface area contributed by atoms with Crippen molar-refractivity contribution < 1.29 is 22.1 Å². The first kappa shape index (κ1) is 20.9. The van der Waals surface area contributed by atoms with Gasteiger partial charge in [-0.15, -0.1) is 0 Å². The number of hydrogen-bond acceptors (Lipinski definition) is 6. The minimum atomic E-state index is -3.62. The van der Waals surface area contributed by atoms with Gasteiger partial charge in [0.1, 0.15) is 17.3 Å². The molecule has 0 unspecified atom stereocenters. The van der Waals surface area contributed by atoms with E-state index in [1.165, 1.54) is 13.2 Å². The fourth-order valence-electron chi connectivity index (χ4n) is 3.23. The lowest BCUT2D eigenvalue weighted by molar-refractivity contribution is 0.107. The van der Waals surface area contributed by atoms with E-state index < -0.39 is 10.1 Å². The van der Waals surface area contributed by atoms with Crippen LogP contribution < -0.4 is 8.92 Å². The highest BCUT2D eigenvalue weighted by atomic mass is 32.2. The van der Waals surface area contributed by atoms with Gasteiger partial charge in [0.2, 0.25) is 0 Å². The molecule has 0 aliphatic heterocycles. The van der Waals surface area contributed by atoms with Crippen LogP contribution in [0.4, 0.5) is 0 Å². The molecule has 4 aromatic rings. The second-order valence-electron chi connectivity index (χ2n) is 7.06. The van der Waals surface area contributed by atoms with Gasteiger partial charge in [-0.1, -0.05) is 36.4 Å². The molecule has 4 rings (SSSR count). The number of benzene rings is 3. The molecule has 8 heteroatoms. The second kappa shape index (κ2) is 8.79. The van der Waals surface area contributed by atoms with Crippen molar-refractivity contribution in [3.8, 4) is 22.9 Å². The molecule has 3 aromatic carbocycles. The molecule has 1 N–H and O–H groups in total. The van der Waals surface area contributed by atoms with Crippen molar-refractivity contribution in [1.82, 2.24) is 9.97 Å². The number of aromatic nitrogens is 2. The summed E-state index contributed by atoms with van der Waals surface area (Å²) in [5.74, 6) is 1.24. The Morgan fingerprint density at radius 3 is 2.45 bits per heavy atom. The molecular formula is C23H22N2O5S. The molecule has 0 aliphatic rings. The number of nitrogens with one attached hydrogen (secondary N) is 1. The van der Waals surface area contributed by atoms with Gasteiger partial charge in [-0.2, -0.15) is 8.42 Å². The molecule has 0 saturated heterocycles. The van der Waals surface area contributed by atoms with Crippen LogP contribution in [0.1, 0.15) is 11.1 Å². The van der Waals surface area contributed by atoms with Gasteiger partial charge in [0.15, 0.2) is 0 Å². The van der Waals surface area contributed by atoms with Crippen molar-refractivity contribution in [2.75, 3.05) is 13.4 Å². The monoisotopic (exact) mass is 438 g/mol. The van der Waals surface area contributed by atoms with Crippen LogP contribution >= 0.6 is 0 Å². The quantitative estimate of drug-likeness (QED) is 0.413. The highest BCUT2D eigenvalue weighted by Crippen LogP contribution is 2.33. The third-order valence-electron chi connectivity index (χ3n) is 4.60. The SMILES string of the molecule is COc1cc(OS(C)(=O)=O)ccc1-c1nc2ccc(COCc3ccccc3)cc2[nH]1. The average Bonchev–Trinajstić information content (AvgIpc) is 3.16. The molecule has 0 amide bonds. The molecule has 0 atom stereocenters. The number of methoxy groups -OCH3 is 1. The Labute approximate surface area is 180 Å². The van der Waals surface area contributed by atoms with Crippen LogP contribution in [0.3, 0.4) is 0 Å². The minimum Gasteiger partial charge on any atom is -0.496 e. The second-order valence-corrected chi connectivity index (χ2v) is 8.64. The van der Waals surface area contributed by atoms with Crippen molar-refractivity contribution >= 4 is 21.2 Å². The number of nitrogens with zero attached hydrogens (tertiary/aromatic N) is 1. The Hall–Kier alpha value is -3.36. The highest BCUT2D eigenvalue weighted by molar-refractivity contribution is 7.86. The third-order valence-corrected chi connectivity index (χ3v) is 5.10. The molecular weight excluding hydrogens is 416 g/mol. The number of ether oxygens (including phenoxy) is 2. The summed E-state index contributed by atoms with van der Waals surface area (Å²) in [7, 11) is -2.11. The maximum absolute atomic E-state index is 11.4. The fourth-order valence-corrected chi connectivity index (χ4v) is 3.68. The summed E-state index contributed by atoms with van der Waals surface area (Å²) in [4.78, 5) is 7.93. The van der Waals surface area contributed by atoms with Gasteiger partial charge in [-0.05, 0) is 35.4 Å². The maximum Gasteiger partial charge on any atom is 0.306 e. The minimum absolute atomic E-state index is 0.178. The predicted molar refractivity (Wildman–Crippen MR) is 118 cm³/mol. The summed E-state index contributed by atoms with van der Waals surface area (Å²) in [6, 6.07) is 20.7. The Kier molecular flexibility index (Phi) is 5.92. The Morgan fingerprint density at radius 1 is 0.935 bits per heavy atom. The number of rotatable bonds is 8. The molecule has 1 heterocycles. The standard InChI is InChI=1S/C23H22N2O5S/c1-28-22-13-18(30-31(2,26)27)9-10-19(22)23-24-20-11-8-17(12-21(20)25-23)15-29-14-16-6-4-3-5-7-16/h3-13H,14-15H2,1-2H3,(H,24,25). The first-order valence-corrected chi connectivity index (χ1v) is 11.4. The zero-order valence-corrected chi connectivity index (χ0v) is 18.0. The lowest BCUT2D eigenvalue weighted by Gasteiger charge is -2.09. The van der Waals surface area contributed by atoms with Crippen LogP contribution in [-0.4, -0.2) is 31.8 Å². The van der Waals surface area contributed by atoms with Gasteiger partial charge < -0.3 is 18.6 Å². The van der Waals surface area contributed by atoms with Crippen molar-refractivity contribution in [1.29, 1.82) is 0 Å².